The molecule has 1 aliphatic rings. The van der Waals surface area contributed by atoms with Crippen molar-refractivity contribution in [2.75, 3.05) is 5.32 Å². The SMILES string of the molecule is CC(OC(=O)Nc1sncc1-c1ccc(-c2ccc(C3(C(=O)O)CC3)cc2)cc1)c1ccccc1Cl. The Morgan fingerprint density at radius 1 is 1.00 bits per heavy atom. The summed E-state index contributed by atoms with van der Waals surface area (Å²) in [6.07, 6.45) is 2.00. The van der Waals surface area contributed by atoms with Crippen LogP contribution in [0.4, 0.5) is 9.80 Å². The number of aliphatic carboxylic acids is 1. The topological polar surface area (TPSA) is 88.5 Å². The number of amides is 1. The fraction of sp³-hybridized carbons (Fsp3) is 0.179. The third kappa shape index (κ3) is 4.72. The molecule has 0 saturated heterocycles. The number of rotatable bonds is 7. The summed E-state index contributed by atoms with van der Waals surface area (Å²) in [4.78, 5) is 24.1. The molecule has 1 atom stereocenters. The van der Waals surface area contributed by atoms with Gasteiger partial charge in [-0.05, 0) is 59.6 Å². The van der Waals surface area contributed by atoms with E-state index in [0.29, 0.717) is 22.9 Å². The van der Waals surface area contributed by atoms with E-state index >= 15 is 0 Å². The van der Waals surface area contributed by atoms with E-state index in [9.17, 15) is 14.7 Å². The molecule has 182 valence electrons. The molecule has 36 heavy (non-hydrogen) atoms. The number of benzene rings is 3. The highest BCUT2D eigenvalue weighted by Crippen LogP contribution is 2.48. The van der Waals surface area contributed by atoms with Crippen LogP contribution in [0.2, 0.25) is 5.02 Å². The molecular formula is C28H23ClN2O4S. The number of halogens is 1. The summed E-state index contributed by atoms with van der Waals surface area (Å²) in [5.41, 5.74) is 4.59. The molecule has 1 aliphatic carbocycles. The molecule has 1 unspecified atom stereocenters. The molecule has 2 N–H and O–H groups in total. The van der Waals surface area contributed by atoms with Crippen molar-refractivity contribution in [1.29, 1.82) is 0 Å². The number of carbonyl (C=O) groups is 2. The third-order valence-electron chi connectivity index (χ3n) is 6.54. The lowest BCUT2D eigenvalue weighted by atomic mass is 9.93. The minimum absolute atomic E-state index is 0.508. The maximum atomic E-state index is 12.5. The van der Waals surface area contributed by atoms with Crippen molar-refractivity contribution in [2.45, 2.75) is 31.3 Å². The quantitative estimate of drug-likeness (QED) is 0.263. The number of carboxylic acids is 1. The first-order chi connectivity index (χ1) is 17.4. The molecule has 1 saturated carbocycles. The monoisotopic (exact) mass is 518 g/mol. The van der Waals surface area contributed by atoms with Crippen molar-refractivity contribution in [3.05, 3.63) is 95.1 Å². The van der Waals surface area contributed by atoms with Crippen LogP contribution in [0.1, 0.15) is 37.0 Å². The van der Waals surface area contributed by atoms with E-state index in [0.717, 1.165) is 33.4 Å². The van der Waals surface area contributed by atoms with Gasteiger partial charge in [-0.25, -0.2) is 4.79 Å². The smallest absolute Gasteiger partial charge is 0.412 e. The van der Waals surface area contributed by atoms with Crippen molar-refractivity contribution in [3.8, 4) is 22.3 Å². The number of carboxylic acid groups (broad SMARTS) is 1. The lowest BCUT2D eigenvalue weighted by Gasteiger charge is -2.15. The van der Waals surface area contributed by atoms with E-state index in [1.807, 2.05) is 66.7 Å². The maximum Gasteiger partial charge on any atom is 0.412 e. The normalized spacial score (nSPS) is 14.6. The summed E-state index contributed by atoms with van der Waals surface area (Å²) in [5.74, 6) is -0.754. The van der Waals surface area contributed by atoms with Crippen LogP contribution >= 0.6 is 23.1 Å². The van der Waals surface area contributed by atoms with Gasteiger partial charge in [0.05, 0.1) is 11.6 Å². The summed E-state index contributed by atoms with van der Waals surface area (Å²) in [6.45, 7) is 1.77. The fourth-order valence-corrected chi connectivity index (χ4v) is 5.21. The van der Waals surface area contributed by atoms with E-state index in [1.165, 1.54) is 11.5 Å². The number of anilines is 1. The van der Waals surface area contributed by atoms with E-state index in [1.54, 1.807) is 19.2 Å². The van der Waals surface area contributed by atoms with Gasteiger partial charge < -0.3 is 9.84 Å². The van der Waals surface area contributed by atoms with Gasteiger partial charge >= 0.3 is 12.1 Å². The second-order valence-electron chi connectivity index (χ2n) is 8.80. The van der Waals surface area contributed by atoms with Crippen molar-refractivity contribution in [3.63, 3.8) is 0 Å². The highest BCUT2D eigenvalue weighted by molar-refractivity contribution is 7.11. The molecule has 4 aromatic rings. The number of hydrogen-bond acceptors (Lipinski definition) is 5. The molecule has 5 rings (SSSR count). The van der Waals surface area contributed by atoms with E-state index in [4.69, 9.17) is 16.3 Å². The second-order valence-corrected chi connectivity index (χ2v) is 10.0. The number of hydrogen-bond donors (Lipinski definition) is 2. The highest BCUT2D eigenvalue weighted by atomic mass is 35.5. The third-order valence-corrected chi connectivity index (χ3v) is 7.60. The Kier molecular flexibility index (Phi) is 6.51. The van der Waals surface area contributed by atoms with Crippen LogP contribution in [0.25, 0.3) is 22.3 Å². The van der Waals surface area contributed by atoms with Crippen molar-refractivity contribution in [1.82, 2.24) is 4.37 Å². The van der Waals surface area contributed by atoms with Crippen LogP contribution in [0, 0.1) is 0 Å². The van der Waals surface area contributed by atoms with Gasteiger partial charge in [-0.3, -0.25) is 10.1 Å². The number of nitrogens with one attached hydrogen (secondary N) is 1. The van der Waals surface area contributed by atoms with Crippen molar-refractivity contribution < 1.29 is 19.4 Å². The molecule has 3 aromatic carbocycles. The molecule has 6 nitrogen and oxygen atoms in total. The van der Waals surface area contributed by atoms with Gasteiger partial charge in [0.25, 0.3) is 0 Å². The summed E-state index contributed by atoms with van der Waals surface area (Å²) in [5, 5.41) is 13.4. The fourth-order valence-electron chi connectivity index (χ4n) is 4.26. The molecule has 0 aliphatic heterocycles. The van der Waals surface area contributed by atoms with Crippen LogP contribution < -0.4 is 5.32 Å². The Balaban J connectivity index is 1.27. The summed E-state index contributed by atoms with van der Waals surface area (Å²) < 4.78 is 9.76. The molecule has 0 radical (unpaired) electrons. The Morgan fingerprint density at radius 2 is 1.61 bits per heavy atom. The van der Waals surface area contributed by atoms with Crippen molar-refractivity contribution in [2.24, 2.45) is 0 Å². The van der Waals surface area contributed by atoms with Gasteiger partial charge in [0.15, 0.2) is 0 Å². The first kappa shape index (κ1) is 24.0. The standard InChI is InChI=1S/C28H23ClN2O4S/c1-17(22-4-2-3-5-24(22)29)35-27(34)31-25-23(16-30-36-25)20-8-6-18(7-9-20)19-10-12-21(13-11-19)28(14-15-28)26(32)33/h2-13,16-17H,14-15H2,1H3,(H,31,34)(H,32,33). The van der Waals surface area contributed by atoms with Gasteiger partial charge in [-0.15, -0.1) is 0 Å². The van der Waals surface area contributed by atoms with Gasteiger partial charge in [-0.2, -0.15) is 4.37 Å². The minimum atomic E-state index is -0.754. The van der Waals surface area contributed by atoms with Gasteiger partial charge in [0.2, 0.25) is 0 Å². The van der Waals surface area contributed by atoms with Gasteiger partial charge in [0, 0.05) is 16.1 Å². The molecule has 1 heterocycles. The van der Waals surface area contributed by atoms with Crippen LogP contribution in [0.5, 0.6) is 0 Å². The zero-order chi connectivity index (χ0) is 25.3. The molecule has 0 spiro atoms. The Bertz CT molecular complexity index is 1410. The van der Waals surface area contributed by atoms with E-state index in [-0.39, 0.29) is 0 Å². The summed E-state index contributed by atoms with van der Waals surface area (Å²) >= 11 is 7.38. The minimum Gasteiger partial charge on any atom is -0.481 e. The van der Waals surface area contributed by atoms with Crippen LogP contribution in [0.3, 0.4) is 0 Å². The van der Waals surface area contributed by atoms with Gasteiger partial charge in [-0.1, -0.05) is 78.3 Å². The molecular weight excluding hydrogens is 496 g/mol. The molecule has 0 bridgehead atoms. The zero-order valence-electron chi connectivity index (χ0n) is 19.4. The average Bonchev–Trinajstić information content (AvgIpc) is 3.58. The van der Waals surface area contributed by atoms with Crippen LogP contribution in [-0.2, 0) is 14.9 Å². The first-order valence-electron chi connectivity index (χ1n) is 11.5. The first-order valence-corrected chi connectivity index (χ1v) is 12.6. The Labute approximate surface area is 217 Å². The molecule has 1 amide bonds. The number of ether oxygens (including phenoxy) is 1. The second kappa shape index (κ2) is 9.76. The largest absolute Gasteiger partial charge is 0.481 e. The average molecular weight is 519 g/mol. The van der Waals surface area contributed by atoms with Crippen molar-refractivity contribution >= 4 is 40.2 Å². The molecule has 8 heteroatoms. The Morgan fingerprint density at radius 3 is 2.22 bits per heavy atom. The number of carbonyl (C=O) groups excluding carboxylic acids is 1. The van der Waals surface area contributed by atoms with E-state index in [2.05, 4.69) is 9.69 Å². The van der Waals surface area contributed by atoms with Gasteiger partial charge in [0.1, 0.15) is 11.1 Å². The van der Waals surface area contributed by atoms with Crippen LogP contribution in [-0.4, -0.2) is 21.5 Å². The summed E-state index contributed by atoms with van der Waals surface area (Å²) in [7, 11) is 0. The van der Waals surface area contributed by atoms with Crippen LogP contribution in [0.15, 0.2) is 79.0 Å². The lowest BCUT2D eigenvalue weighted by molar-refractivity contribution is -0.140. The highest BCUT2D eigenvalue weighted by Gasteiger charge is 2.51. The molecule has 1 aromatic heterocycles. The lowest BCUT2D eigenvalue weighted by Crippen LogP contribution is -2.19. The number of nitrogens with zero attached hydrogens (tertiary/aromatic N) is 1. The number of aromatic nitrogens is 1. The Hall–Kier alpha value is -3.68. The zero-order valence-corrected chi connectivity index (χ0v) is 21.0. The predicted octanol–water partition coefficient (Wildman–Crippen LogP) is 7.56. The predicted molar refractivity (Wildman–Crippen MR) is 142 cm³/mol. The maximum absolute atomic E-state index is 12.5. The molecule has 1 fully saturated rings. The van der Waals surface area contributed by atoms with E-state index < -0.39 is 23.6 Å². The summed E-state index contributed by atoms with van der Waals surface area (Å²) in [6, 6.07) is 22.9.